The molecule has 2 aromatic heterocycles. The Balaban J connectivity index is 1.59. The van der Waals surface area contributed by atoms with Gasteiger partial charge in [-0.05, 0) is 29.8 Å². The molecule has 0 atom stereocenters. The van der Waals surface area contributed by atoms with E-state index in [0.717, 1.165) is 22.3 Å². The van der Waals surface area contributed by atoms with Crippen LogP contribution < -0.4 is 10.6 Å². The highest BCUT2D eigenvalue weighted by Crippen LogP contribution is 2.15. The van der Waals surface area contributed by atoms with E-state index in [2.05, 4.69) is 20.6 Å². The second-order valence-electron chi connectivity index (χ2n) is 4.79. The van der Waals surface area contributed by atoms with Crippen LogP contribution in [0.5, 0.6) is 0 Å². The summed E-state index contributed by atoms with van der Waals surface area (Å²) in [5.41, 5.74) is 3.27. The van der Waals surface area contributed by atoms with Gasteiger partial charge >= 0.3 is 6.09 Å². The molecular formula is C16H16N4O2. The molecule has 0 unspecified atom stereocenters. The number of carbonyl (C=O) groups is 1. The summed E-state index contributed by atoms with van der Waals surface area (Å²) in [6.07, 6.45) is 2.88. The fraction of sp³-hybridized carbons (Fsp3) is 0.125. The monoisotopic (exact) mass is 296 g/mol. The van der Waals surface area contributed by atoms with Gasteiger partial charge in [0.25, 0.3) is 0 Å². The minimum absolute atomic E-state index is 0.210. The summed E-state index contributed by atoms with van der Waals surface area (Å²) >= 11 is 0. The van der Waals surface area contributed by atoms with Gasteiger partial charge in [0.1, 0.15) is 12.3 Å². The van der Waals surface area contributed by atoms with Crippen LogP contribution in [0.1, 0.15) is 5.56 Å². The first-order valence-electron chi connectivity index (χ1n) is 6.88. The van der Waals surface area contributed by atoms with E-state index >= 15 is 0 Å². The van der Waals surface area contributed by atoms with E-state index in [1.807, 2.05) is 43.4 Å². The van der Waals surface area contributed by atoms with Gasteiger partial charge in [0.15, 0.2) is 0 Å². The zero-order valence-corrected chi connectivity index (χ0v) is 12.1. The lowest BCUT2D eigenvalue weighted by Crippen LogP contribution is -2.13. The molecule has 1 amide bonds. The molecule has 0 spiro atoms. The molecule has 112 valence electrons. The number of ether oxygens (including phenoxy) is 1. The van der Waals surface area contributed by atoms with Gasteiger partial charge in [-0.25, -0.2) is 9.78 Å². The number of H-pyrrole nitrogens is 1. The Morgan fingerprint density at radius 3 is 3.05 bits per heavy atom. The number of nitrogens with zero attached hydrogens (tertiary/aromatic N) is 1. The average Bonchev–Trinajstić information content (AvgIpc) is 3.01. The third-order valence-electron chi connectivity index (χ3n) is 3.23. The number of amides is 1. The smallest absolute Gasteiger partial charge is 0.412 e. The Labute approximate surface area is 127 Å². The molecule has 3 rings (SSSR count). The van der Waals surface area contributed by atoms with Crippen LogP contribution in [-0.4, -0.2) is 23.1 Å². The molecular weight excluding hydrogens is 280 g/mol. The summed E-state index contributed by atoms with van der Waals surface area (Å²) < 4.78 is 5.21. The lowest BCUT2D eigenvalue weighted by atomic mass is 10.2. The summed E-state index contributed by atoms with van der Waals surface area (Å²) in [5.74, 6) is 0. The summed E-state index contributed by atoms with van der Waals surface area (Å²) in [4.78, 5) is 19.0. The van der Waals surface area contributed by atoms with Crippen molar-refractivity contribution in [2.45, 2.75) is 6.61 Å². The third kappa shape index (κ3) is 3.17. The minimum Gasteiger partial charge on any atom is -0.444 e. The molecule has 3 N–H and O–H groups in total. The zero-order valence-electron chi connectivity index (χ0n) is 12.1. The largest absolute Gasteiger partial charge is 0.444 e. The van der Waals surface area contributed by atoms with Gasteiger partial charge in [-0.15, -0.1) is 0 Å². The number of carbonyl (C=O) groups excluding carboxylic acids is 1. The first-order valence-corrected chi connectivity index (χ1v) is 6.88. The third-order valence-corrected chi connectivity index (χ3v) is 3.23. The molecule has 0 radical (unpaired) electrons. The normalized spacial score (nSPS) is 10.4. The summed E-state index contributed by atoms with van der Waals surface area (Å²) in [6.45, 7) is 0.210. The number of rotatable bonds is 4. The van der Waals surface area contributed by atoms with Crippen LogP contribution in [0.25, 0.3) is 11.0 Å². The minimum atomic E-state index is -0.508. The van der Waals surface area contributed by atoms with Crippen LogP contribution in [0.15, 0.2) is 48.8 Å². The lowest BCUT2D eigenvalue weighted by molar-refractivity contribution is 0.155. The molecule has 0 saturated heterocycles. The van der Waals surface area contributed by atoms with E-state index in [0.29, 0.717) is 5.69 Å². The van der Waals surface area contributed by atoms with Gasteiger partial charge in [0.2, 0.25) is 0 Å². The van der Waals surface area contributed by atoms with Crippen LogP contribution in [-0.2, 0) is 11.3 Å². The predicted octanol–water partition coefficient (Wildman–Crippen LogP) is 3.35. The van der Waals surface area contributed by atoms with Crippen molar-refractivity contribution in [3.05, 3.63) is 54.4 Å². The van der Waals surface area contributed by atoms with Crippen molar-refractivity contribution >= 4 is 28.5 Å². The van der Waals surface area contributed by atoms with Crippen LogP contribution >= 0.6 is 0 Å². The number of pyridine rings is 1. The van der Waals surface area contributed by atoms with Gasteiger partial charge < -0.3 is 15.0 Å². The molecule has 3 aromatic rings. The molecule has 6 nitrogen and oxygen atoms in total. The van der Waals surface area contributed by atoms with Crippen molar-refractivity contribution < 1.29 is 9.53 Å². The van der Waals surface area contributed by atoms with E-state index in [4.69, 9.17) is 4.74 Å². The Hall–Kier alpha value is -3.02. The van der Waals surface area contributed by atoms with Crippen LogP contribution in [0.2, 0.25) is 0 Å². The molecule has 22 heavy (non-hydrogen) atoms. The van der Waals surface area contributed by atoms with Crippen molar-refractivity contribution in [1.82, 2.24) is 9.97 Å². The van der Waals surface area contributed by atoms with Gasteiger partial charge in [0.05, 0.1) is 11.9 Å². The maximum atomic E-state index is 11.8. The maximum absolute atomic E-state index is 11.8. The van der Waals surface area contributed by atoms with Crippen molar-refractivity contribution in [2.24, 2.45) is 0 Å². The predicted molar refractivity (Wildman–Crippen MR) is 85.9 cm³/mol. The van der Waals surface area contributed by atoms with Crippen molar-refractivity contribution in [1.29, 1.82) is 0 Å². The first kappa shape index (κ1) is 13.9. The van der Waals surface area contributed by atoms with Gasteiger partial charge in [-0.3, -0.25) is 5.32 Å². The van der Waals surface area contributed by atoms with Gasteiger partial charge in [-0.2, -0.15) is 0 Å². The number of aromatic amines is 1. The molecule has 0 aliphatic heterocycles. The Bertz CT molecular complexity index is 797. The van der Waals surface area contributed by atoms with E-state index in [1.54, 1.807) is 12.4 Å². The summed E-state index contributed by atoms with van der Waals surface area (Å²) in [6, 6.07) is 11.4. The number of hydrogen-bond donors (Lipinski definition) is 3. The topological polar surface area (TPSA) is 79.0 Å². The van der Waals surface area contributed by atoms with E-state index in [-0.39, 0.29) is 6.61 Å². The molecule has 6 heteroatoms. The summed E-state index contributed by atoms with van der Waals surface area (Å²) in [7, 11) is 1.84. The standard InChI is InChI=1S/C16H16N4O2/c1-17-13-4-2-3-11(7-13)10-22-16(21)20-14-8-12-5-6-18-15(12)19-9-14/h2-9,17H,10H2,1H3,(H,18,19)(H,20,21). The number of hydrogen-bond acceptors (Lipinski definition) is 4. The number of aromatic nitrogens is 2. The van der Waals surface area contributed by atoms with E-state index in [1.165, 1.54) is 0 Å². The number of benzene rings is 1. The maximum Gasteiger partial charge on any atom is 0.412 e. The summed E-state index contributed by atoms with van der Waals surface area (Å²) in [5, 5.41) is 6.64. The SMILES string of the molecule is CNc1cccc(COC(=O)Nc2cnc3[nH]ccc3c2)c1. The van der Waals surface area contributed by atoms with Crippen molar-refractivity contribution in [3.8, 4) is 0 Å². The fourth-order valence-electron chi connectivity index (χ4n) is 2.13. The van der Waals surface area contributed by atoms with Crippen molar-refractivity contribution in [3.63, 3.8) is 0 Å². The lowest BCUT2D eigenvalue weighted by Gasteiger charge is -2.08. The van der Waals surface area contributed by atoms with Gasteiger partial charge in [0, 0.05) is 24.3 Å². The molecule has 1 aromatic carbocycles. The number of anilines is 2. The average molecular weight is 296 g/mol. The molecule has 0 fully saturated rings. The number of fused-ring (bicyclic) bond motifs is 1. The van der Waals surface area contributed by atoms with Crippen LogP contribution in [0.4, 0.5) is 16.2 Å². The molecule has 0 bridgehead atoms. The molecule has 2 heterocycles. The van der Waals surface area contributed by atoms with Crippen LogP contribution in [0, 0.1) is 0 Å². The molecule has 0 aliphatic carbocycles. The highest BCUT2D eigenvalue weighted by atomic mass is 16.5. The second kappa shape index (κ2) is 6.17. The highest BCUT2D eigenvalue weighted by molar-refractivity contribution is 5.88. The highest BCUT2D eigenvalue weighted by Gasteiger charge is 2.06. The van der Waals surface area contributed by atoms with Crippen LogP contribution in [0.3, 0.4) is 0 Å². The Kier molecular flexibility index (Phi) is 3.91. The van der Waals surface area contributed by atoms with Crippen molar-refractivity contribution in [2.75, 3.05) is 17.7 Å². The Morgan fingerprint density at radius 2 is 2.18 bits per heavy atom. The number of nitrogens with one attached hydrogen (secondary N) is 3. The molecule has 0 aliphatic rings. The first-order chi connectivity index (χ1) is 10.7. The quantitative estimate of drug-likeness (QED) is 0.690. The van der Waals surface area contributed by atoms with E-state index in [9.17, 15) is 4.79 Å². The Morgan fingerprint density at radius 1 is 1.27 bits per heavy atom. The zero-order chi connectivity index (χ0) is 15.4. The van der Waals surface area contributed by atoms with E-state index < -0.39 is 6.09 Å². The molecule has 0 saturated carbocycles. The van der Waals surface area contributed by atoms with Gasteiger partial charge in [-0.1, -0.05) is 12.1 Å². The fourth-order valence-corrected chi connectivity index (χ4v) is 2.13. The second-order valence-corrected chi connectivity index (χ2v) is 4.79.